The third kappa shape index (κ3) is 2.33. The van der Waals surface area contributed by atoms with Crippen LogP contribution in [0, 0.1) is 0 Å². The maximum Gasteiger partial charge on any atom is 0.258 e. The van der Waals surface area contributed by atoms with Crippen LogP contribution in [0.2, 0.25) is 10.0 Å². The Bertz CT molecular complexity index is 639. The molecule has 5 heteroatoms. The van der Waals surface area contributed by atoms with Crippen LogP contribution in [0.3, 0.4) is 0 Å². The van der Waals surface area contributed by atoms with Crippen LogP contribution in [-0.2, 0) is 11.2 Å². The van der Waals surface area contributed by atoms with Gasteiger partial charge in [-0.15, -0.1) is 0 Å². The predicted octanol–water partition coefficient (Wildman–Crippen LogP) is 4.22. The number of amides is 1. The molecule has 3 rings (SSSR count). The zero-order valence-corrected chi connectivity index (χ0v) is 13.3. The molecule has 0 saturated carbocycles. The molecule has 0 radical (unpaired) electrons. The molecule has 0 aliphatic carbocycles. The lowest BCUT2D eigenvalue weighted by Gasteiger charge is -2.29. The van der Waals surface area contributed by atoms with Gasteiger partial charge in [-0.25, -0.2) is 0 Å². The molecule has 1 aromatic carbocycles. The van der Waals surface area contributed by atoms with Crippen LogP contribution in [0.5, 0.6) is 0 Å². The van der Waals surface area contributed by atoms with Crippen molar-refractivity contribution in [3.05, 3.63) is 39.1 Å². The normalized spacial score (nSPS) is 22.0. The minimum atomic E-state index is -0.183. The maximum atomic E-state index is 12.7. The second-order valence-electron chi connectivity index (χ2n) is 5.55. The SMILES string of the molecule is CCc1cc(Cl)cc(Cl)c1C1=C(O)C2CCCCN2C1=O. The molecule has 1 unspecified atom stereocenters. The minimum absolute atomic E-state index is 0.115. The average molecular weight is 326 g/mol. The molecule has 1 fully saturated rings. The van der Waals surface area contributed by atoms with Crippen molar-refractivity contribution in [1.82, 2.24) is 4.90 Å². The topological polar surface area (TPSA) is 40.5 Å². The predicted molar refractivity (Wildman–Crippen MR) is 84.7 cm³/mol. The van der Waals surface area contributed by atoms with Gasteiger partial charge < -0.3 is 10.0 Å². The van der Waals surface area contributed by atoms with E-state index in [1.807, 2.05) is 13.0 Å². The summed E-state index contributed by atoms with van der Waals surface area (Å²) in [6, 6.07) is 3.26. The van der Waals surface area contributed by atoms with Crippen LogP contribution in [0.4, 0.5) is 0 Å². The highest BCUT2D eigenvalue weighted by Crippen LogP contribution is 2.41. The van der Waals surface area contributed by atoms with E-state index < -0.39 is 0 Å². The summed E-state index contributed by atoms with van der Waals surface area (Å²) in [7, 11) is 0. The number of benzene rings is 1. The van der Waals surface area contributed by atoms with Crippen LogP contribution in [0.25, 0.3) is 5.57 Å². The van der Waals surface area contributed by atoms with Gasteiger partial charge in [0.1, 0.15) is 5.76 Å². The molecule has 1 saturated heterocycles. The van der Waals surface area contributed by atoms with Crippen molar-refractivity contribution in [3.8, 4) is 0 Å². The van der Waals surface area contributed by atoms with Gasteiger partial charge in [-0.05, 0) is 43.4 Å². The molecule has 2 heterocycles. The second-order valence-corrected chi connectivity index (χ2v) is 6.39. The molecule has 2 aliphatic heterocycles. The van der Waals surface area contributed by atoms with Crippen molar-refractivity contribution in [1.29, 1.82) is 0 Å². The smallest absolute Gasteiger partial charge is 0.258 e. The Morgan fingerprint density at radius 2 is 2.10 bits per heavy atom. The third-order valence-corrected chi connectivity index (χ3v) is 4.83. The second kappa shape index (κ2) is 5.54. The zero-order valence-electron chi connectivity index (χ0n) is 11.8. The van der Waals surface area contributed by atoms with Gasteiger partial charge in [-0.2, -0.15) is 0 Å². The highest BCUT2D eigenvalue weighted by molar-refractivity contribution is 6.38. The van der Waals surface area contributed by atoms with Gasteiger partial charge in [-0.3, -0.25) is 4.79 Å². The van der Waals surface area contributed by atoms with E-state index in [1.165, 1.54) is 0 Å². The summed E-state index contributed by atoms with van der Waals surface area (Å²) in [6.45, 7) is 2.68. The van der Waals surface area contributed by atoms with E-state index >= 15 is 0 Å². The van der Waals surface area contributed by atoms with Crippen LogP contribution >= 0.6 is 23.2 Å². The standard InChI is InChI=1S/C16H17Cl2NO2/c1-2-9-7-10(17)8-11(18)13(9)14-15(20)12-5-3-4-6-19(12)16(14)21/h7-8,12,20H,2-6H2,1H3. The maximum absolute atomic E-state index is 12.7. The summed E-state index contributed by atoms with van der Waals surface area (Å²) in [4.78, 5) is 14.4. The van der Waals surface area contributed by atoms with E-state index in [2.05, 4.69) is 0 Å². The molecular formula is C16H17Cl2NO2. The van der Waals surface area contributed by atoms with Crippen molar-refractivity contribution < 1.29 is 9.90 Å². The molecule has 1 amide bonds. The number of carbonyl (C=O) groups is 1. The van der Waals surface area contributed by atoms with Crippen molar-refractivity contribution in [2.75, 3.05) is 6.54 Å². The number of halogens is 2. The van der Waals surface area contributed by atoms with Crippen LogP contribution < -0.4 is 0 Å². The van der Waals surface area contributed by atoms with Gasteiger partial charge in [0.2, 0.25) is 0 Å². The van der Waals surface area contributed by atoms with Crippen LogP contribution in [0.15, 0.2) is 17.9 Å². The van der Waals surface area contributed by atoms with E-state index in [-0.39, 0.29) is 17.7 Å². The third-order valence-electron chi connectivity index (χ3n) is 4.32. The largest absolute Gasteiger partial charge is 0.509 e. The minimum Gasteiger partial charge on any atom is -0.509 e. The molecule has 1 N–H and O–H groups in total. The number of hydrogen-bond acceptors (Lipinski definition) is 2. The van der Waals surface area contributed by atoms with Gasteiger partial charge in [0, 0.05) is 17.1 Å². The molecule has 0 spiro atoms. The molecular weight excluding hydrogens is 309 g/mol. The lowest BCUT2D eigenvalue weighted by Crippen LogP contribution is -2.39. The first-order chi connectivity index (χ1) is 10.0. The molecule has 0 aromatic heterocycles. The number of carbonyl (C=O) groups excluding carboxylic acids is 1. The van der Waals surface area contributed by atoms with Crippen molar-refractivity contribution in [2.24, 2.45) is 0 Å². The van der Waals surface area contributed by atoms with Crippen LogP contribution in [0.1, 0.15) is 37.3 Å². The monoisotopic (exact) mass is 325 g/mol. The van der Waals surface area contributed by atoms with Crippen molar-refractivity contribution in [2.45, 2.75) is 38.6 Å². The van der Waals surface area contributed by atoms with Gasteiger partial charge >= 0.3 is 0 Å². The molecule has 1 aromatic rings. The Morgan fingerprint density at radius 1 is 1.33 bits per heavy atom. The number of piperidine rings is 1. The molecule has 3 nitrogen and oxygen atoms in total. The number of aliphatic hydroxyl groups is 1. The van der Waals surface area contributed by atoms with E-state index in [0.29, 0.717) is 34.1 Å². The molecule has 1 atom stereocenters. The summed E-state index contributed by atoms with van der Waals surface area (Å²) in [5, 5.41) is 11.5. The fraction of sp³-hybridized carbons (Fsp3) is 0.438. The van der Waals surface area contributed by atoms with Gasteiger partial charge in [-0.1, -0.05) is 30.1 Å². The van der Waals surface area contributed by atoms with Crippen molar-refractivity contribution in [3.63, 3.8) is 0 Å². The van der Waals surface area contributed by atoms with Crippen LogP contribution in [-0.4, -0.2) is 28.5 Å². The Morgan fingerprint density at radius 3 is 2.76 bits per heavy atom. The van der Waals surface area contributed by atoms with E-state index in [4.69, 9.17) is 23.2 Å². The summed E-state index contributed by atoms with van der Waals surface area (Å²) in [6.07, 6.45) is 3.52. The van der Waals surface area contributed by atoms with Gasteiger partial charge in [0.25, 0.3) is 5.91 Å². The van der Waals surface area contributed by atoms with Crippen molar-refractivity contribution >= 4 is 34.7 Å². The van der Waals surface area contributed by atoms with Gasteiger partial charge in [0.05, 0.1) is 16.6 Å². The lowest BCUT2D eigenvalue weighted by atomic mass is 9.96. The Kier molecular flexibility index (Phi) is 3.89. The zero-order chi connectivity index (χ0) is 15.1. The summed E-state index contributed by atoms with van der Waals surface area (Å²) < 4.78 is 0. The summed E-state index contributed by atoms with van der Waals surface area (Å²) >= 11 is 12.4. The van der Waals surface area contributed by atoms with E-state index in [1.54, 1.807) is 11.0 Å². The number of nitrogens with zero attached hydrogens (tertiary/aromatic N) is 1. The molecule has 2 aliphatic rings. The first-order valence-corrected chi connectivity index (χ1v) is 8.02. The Hall–Kier alpha value is -1.19. The fourth-order valence-electron chi connectivity index (χ4n) is 3.30. The molecule has 21 heavy (non-hydrogen) atoms. The van der Waals surface area contributed by atoms with E-state index in [9.17, 15) is 9.90 Å². The first kappa shape index (κ1) is 14.7. The number of aliphatic hydroxyl groups excluding tert-OH is 1. The average Bonchev–Trinajstić information content (AvgIpc) is 2.71. The fourth-order valence-corrected chi connectivity index (χ4v) is 3.93. The Labute approximate surface area is 134 Å². The van der Waals surface area contributed by atoms with Gasteiger partial charge in [0.15, 0.2) is 0 Å². The first-order valence-electron chi connectivity index (χ1n) is 7.27. The Balaban J connectivity index is 2.16. The number of aryl methyl sites for hydroxylation is 1. The highest BCUT2D eigenvalue weighted by Gasteiger charge is 2.42. The summed E-state index contributed by atoms with van der Waals surface area (Å²) in [5.74, 6) is 0.0507. The number of rotatable bonds is 2. The molecule has 0 bridgehead atoms. The summed E-state index contributed by atoms with van der Waals surface area (Å²) in [5.41, 5.74) is 1.89. The number of hydrogen-bond donors (Lipinski definition) is 1. The van der Waals surface area contributed by atoms with E-state index in [0.717, 1.165) is 24.8 Å². The number of fused-ring (bicyclic) bond motifs is 1. The quantitative estimate of drug-likeness (QED) is 0.884. The molecule has 112 valence electrons. The highest BCUT2D eigenvalue weighted by atomic mass is 35.5. The lowest BCUT2D eigenvalue weighted by molar-refractivity contribution is -0.126.